The van der Waals surface area contributed by atoms with E-state index < -0.39 is 18.3 Å². The third-order valence-corrected chi connectivity index (χ3v) is 5.56. The Morgan fingerprint density at radius 2 is 1.62 bits per heavy atom. The first-order valence-corrected chi connectivity index (χ1v) is 9.52. The van der Waals surface area contributed by atoms with Crippen molar-refractivity contribution < 1.29 is 13.2 Å². The van der Waals surface area contributed by atoms with Gasteiger partial charge < -0.3 is 4.90 Å². The summed E-state index contributed by atoms with van der Waals surface area (Å²) in [6, 6.07) is 6.56. The maximum Gasteiger partial charge on any atom is 0.266 e. The summed E-state index contributed by atoms with van der Waals surface area (Å²) >= 11 is 0. The van der Waals surface area contributed by atoms with Crippen LogP contribution in [0.2, 0.25) is 0 Å². The number of anilines is 1. The number of nitrogens with zero attached hydrogens (tertiary/aromatic N) is 5. The molecule has 0 unspecified atom stereocenters. The first kappa shape index (κ1) is 18.0. The van der Waals surface area contributed by atoms with Crippen LogP contribution in [-0.4, -0.2) is 38.9 Å². The van der Waals surface area contributed by atoms with Crippen molar-refractivity contribution in [1.82, 2.24) is 19.9 Å². The van der Waals surface area contributed by atoms with Crippen molar-refractivity contribution in [2.75, 3.05) is 18.0 Å². The monoisotopic (exact) mass is 397 g/mol. The molecule has 0 N–H and O–H groups in total. The molecule has 0 radical (unpaired) electrons. The molecule has 1 aliphatic carbocycles. The van der Waals surface area contributed by atoms with Gasteiger partial charge in [-0.1, -0.05) is 6.07 Å². The van der Waals surface area contributed by atoms with Gasteiger partial charge in [0.2, 0.25) is 0 Å². The highest BCUT2D eigenvalue weighted by atomic mass is 19.3. The summed E-state index contributed by atoms with van der Waals surface area (Å²) < 4.78 is 41.3. The summed E-state index contributed by atoms with van der Waals surface area (Å²) in [6.45, 7) is -0.267. The van der Waals surface area contributed by atoms with Crippen LogP contribution in [0.1, 0.15) is 35.8 Å². The minimum absolute atomic E-state index is 0.165. The number of aromatic nitrogens is 4. The van der Waals surface area contributed by atoms with E-state index in [1.165, 1.54) is 11.0 Å². The summed E-state index contributed by atoms with van der Waals surface area (Å²) in [5.74, 6) is -1.84. The molecule has 2 fully saturated rings. The lowest BCUT2D eigenvalue weighted by Gasteiger charge is -2.20. The Kier molecular flexibility index (Phi) is 4.22. The molecule has 148 valence electrons. The van der Waals surface area contributed by atoms with Crippen LogP contribution in [0.5, 0.6) is 0 Å². The molecular formula is C21H18F3N5. The lowest BCUT2D eigenvalue weighted by atomic mass is 10.1. The van der Waals surface area contributed by atoms with Crippen molar-refractivity contribution in [2.45, 2.75) is 30.6 Å². The Morgan fingerprint density at radius 1 is 0.931 bits per heavy atom. The highest BCUT2D eigenvalue weighted by Crippen LogP contribution is 2.55. The van der Waals surface area contributed by atoms with Crippen LogP contribution in [0.4, 0.5) is 18.9 Å². The van der Waals surface area contributed by atoms with Crippen LogP contribution in [-0.2, 0) is 0 Å². The molecular weight excluding hydrogens is 379 g/mol. The molecule has 3 aromatic rings. The van der Waals surface area contributed by atoms with Crippen molar-refractivity contribution in [2.24, 2.45) is 0 Å². The predicted molar refractivity (Wildman–Crippen MR) is 101 cm³/mol. The number of alkyl halides is 2. The smallest absolute Gasteiger partial charge is 0.266 e. The van der Waals surface area contributed by atoms with Gasteiger partial charge in [-0.2, -0.15) is 0 Å². The number of halogens is 3. The van der Waals surface area contributed by atoms with E-state index >= 15 is 0 Å². The zero-order chi connectivity index (χ0) is 20.0. The average Bonchev–Trinajstić information content (AvgIpc) is 3.45. The van der Waals surface area contributed by atoms with Crippen molar-refractivity contribution in [3.8, 4) is 11.6 Å². The van der Waals surface area contributed by atoms with E-state index in [1.807, 2.05) is 0 Å². The minimum atomic E-state index is -2.76. The molecule has 0 amide bonds. The maximum absolute atomic E-state index is 14.3. The van der Waals surface area contributed by atoms with Gasteiger partial charge in [-0.3, -0.25) is 0 Å². The van der Waals surface area contributed by atoms with Gasteiger partial charge in [0.05, 0.1) is 12.2 Å². The zero-order valence-corrected chi connectivity index (χ0v) is 15.5. The third kappa shape index (κ3) is 3.54. The number of rotatable bonds is 4. The second kappa shape index (κ2) is 6.79. The highest BCUT2D eigenvalue weighted by Gasteiger charge is 2.42. The first-order chi connectivity index (χ1) is 14.0. The Balaban J connectivity index is 1.33. The second-order valence-corrected chi connectivity index (χ2v) is 7.60. The molecule has 29 heavy (non-hydrogen) atoms. The molecule has 1 saturated heterocycles. The fourth-order valence-corrected chi connectivity index (χ4v) is 3.94. The zero-order valence-electron chi connectivity index (χ0n) is 15.5. The fourth-order valence-electron chi connectivity index (χ4n) is 3.94. The molecule has 8 heteroatoms. The molecule has 3 heterocycles. The first-order valence-electron chi connectivity index (χ1n) is 9.52. The quantitative estimate of drug-likeness (QED) is 0.661. The normalized spacial score (nSPS) is 22.7. The summed E-state index contributed by atoms with van der Waals surface area (Å²) in [7, 11) is 0. The molecule has 0 spiro atoms. The molecule has 1 aromatic carbocycles. The van der Waals surface area contributed by atoms with E-state index in [-0.39, 0.29) is 30.5 Å². The Bertz CT molecular complexity index is 1030. The number of hydrogen-bond donors (Lipinski definition) is 0. The number of benzene rings is 1. The lowest BCUT2D eigenvalue weighted by Crippen LogP contribution is -2.25. The van der Waals surface area contributed by atoms with Crippen LogP contribution in [0.15, 0.2) is 49.1 Å². The summed E-state index contributed by atoms with van der Waals surface area (Å²) in [5, 5.41) is 0. The molecule has 5 nitrogen and oxygen atoms in total. The van der Waals surface area contributed by atoms with E-state index in [9.17, 15) is 13.2 Å². The van der Waals surface area contributed by atoms with Crippen LogP contribution in [0.3, 0.4) is 0 Å². The molecule has 2 aromatic heterocycles. The van der Waals surface area contributed by atoms with Gasteiger partial charge in [0.15, 0.2) is 11.6 Å². The predicted octanol–water partition coefficient (Wildman–Crippen LogP) is 4.19. The molecule has 2 atom stereocenters. The van der Waals surface area contributed by atoms with Crippen LogP contribution >= 0.6 is 0 Å². The third-order valence-electron chi connectivity index (χ3n) is 5.56. The van der Waals surface area contributed by atoms with Crippen molar-refractivity contribution in [1.29, 1.82) is 0 Å². The van der Waals surface area contributed by atoms with Gasteiger partial charge in [0.25, 0.3) is 5.92 Å². The lowest BCUT2D eigenvalue weighted by molar-refractivity contribution is 0.0257. The van der Waals surface area contributed by atoms with Gasteiger partial charge in [0.1, 0.15) is 5.82 Å². The van der Waals surface area contributed by atoms with Crippen LogP contribution < -0.4 is 4.90 Å². The Morgan fingerprint density at radius 3 is 2.31 bits per heavy atom. The molecule has 2 aliphatic rings. The molecule has 1 saturated carbocycles. The summed E-state index contributed by atoms with van der Waals surface area (Å²) in [4.78, 5) is 18.4. The molecule has 0 bridgehead atoms. The molecule has 1 aliphatic heterocycles. The Hall–Kier alpha value is -3.03. The van der Waals surface area contributed by atoms with Crippen LogP contribution in [0.25, 0.3) is 11.6 Å². The topological polar surface area (TPSA) is 54.8 Å². The SMILES string of the molecule is Fc1ccc([C@@H]2C[C@H]2c2cnc(-c3ncccn3)nc2)cc1N1CCC(F)(F)C1. The average molecular weight is 397 g/mol. The number of hydrogen-bond acceptors (Lipinski definition) is 5. The van der Waals surface area contributed by atoms with Gasteiger partial charge >= 0.3 is 0 Å². The Labute approximate surface area is 165 Å². The van der Waals surface area contributed by atoms with E-state index in [0.29, 0.717) is 11.6 Å². The van der Waals surface area contributed by atoms with Crippen molar-refractivity contribution in [3.05, 3.63) is 66.0 Å². The molecule has 5 rings (SSSR count). The standard InChI is InChI=1S/C21H18F3N5/c22-17-3-2-13(8-18(17)29-7-4-21(23,24)12-29)15-9-16(15)14-10-27-20(28-11-14)19-25-5-1-6-26-19/h1-3,5-6,8,10-11,15-16H,4,7,9,12H2/t15-,16-/m0/s1. The van der Waals surface area contributed by atoms with E-state index in [2.05, 4.69) is 19.9 Å². The van der Waals surface area contributed by atoms with E-state index in [4.69, 9.17) is 0 Å². The summed E-state index contributed by atoms with van der Waals surface area (Å²) in [5.41, 5.74) is 2.21. The largest absolute Gasteiger partial charge is 0.363 e. The van der Waals surface area contributed by atoms with Gasteiger partial charge in [-0.15, -0.1) is 0 Å². The minimum Gasteiger partial charge on any atom is -0.363 e. The second-order valence-electron chi connectivity index (χ2n) is 7.60. The van der Waals surface area contributed by atoms with E-state index in [0.717, 1.165) is 17.5 Å². The van der Waals surface area contributed by atoms with Crippen molar-refractivity contribution in [3.63, 3.8) is 0 Å². The van der Waals surface area contributed by atoms with Crippen LogP contribution in [0, 0.1) is 5.82 Å². The summed E-state index contributed by atoms with van der Waals surface area (Å²) in [6.07, 6.45) is 7.48. The highest BCUT2D eigenvalue weighted by molar-refractivity contribution is 5.53. The van der Waals surface area contributed by atoms with Gasteiger partial charge in [-0.05, 0) is 47.6 Å². The van der Waals surface area contributed by atoms with Gasteiger partial charge in [0, 0.05) is 37.8 Å². The fraction of sp³-hybridized carbons (Fsp3) is 0.333. The van der Waals surface area contributed by atoms with Crippen molar-refractivity contribution >= 4 is 5.69 Å². The van der Waals surface area contributed by atoms with Gasteiger partial charge in [-0.25, -0.2) is 33.1 Å². The van der Waals surface area contributed by atoms with E-state index in [1.54, 1.807) is 43.0 Å². The maximum atomic E-state index is 14.3.